The van der Waals surface area contributed by atoms with Gasteiger partial charge in [0.25, 0.3) is 0 Å². The predicted octanol–water partition coefficient (Wildman–Crippen LogP) is 4.54. The lowest BCUT2D eigenvalue weighted by Gasteiger charge is -2.30. The molecule has 2 aliphatic heterocycles. The molecule has 0 radical (unpaired) electrons. The lowest BCUT2D eigenvalue weighted by molar-refractivity contribution is 0.0903. The van der Waals surface area contributed by atoms with Gasteiger partial charge in [-0.2, -0.15) is 0 Å². The molecular weight excluding hydrogens is 492 g/mol. The van der Waals surface area contributed by atoms with Crippen LogP contribution >= 0.6 is 11.6 Å². The lowest BCUT2D eigenvalue weighted by Crippen LogP contribution is -2.45. The Morgan fingerprint density at radius 1 is 1.25 bits per heavy atom. The molecule has 2 atom stereocenters. The summed E-state index contributed by atoms with van der Waals surface area (Å²) in [6, 6.07) is 8.00. The monoisotopic (exact) mass is 517 g/mol. The third-order valence-corrected chi connectivity index (χ3v) is 6.80. The van der Waals surface area contributed by atoms with Crippen molar-refractivity contribution in [2.75, 3.05) is 31.6 Å². The van der Waals surface area contributed by atoms with Crippen LogP contribution in [0.4, 0.5) is 19.5 Å². The van der Waals surface area contributed by atoms with E-state index in [9.17, 15) is 9.18 Å². The number of alkyl halides is 1. The second-order valence-electron chi connectivity index (χ2n) is 9.05. The van der Waals surface area contributed by atoms with Gasteiger partial charge in [0.15, 0.2) is 0 Å². The average Bonchev–Trinajstić information content (AvgIpc) is 3.32. The van der Waals surface area contributed by atoms with Crippen LogP contribution in [0, 0.1) is 5.82 Å². The van der Waals surface area contributed by atoms with E-state index in [1.54, 1.807) is 24.4 Å². The molecule has 0 aliphatic carbocycles. The summed E-state index contributed by atoms with van der Waals surface area (Å²) < 4.78 is 40.3. The third-order valence-electron chi connectivity index (χ3n) is 6.51. The molecule has 8 nitrogen and oxygen atoms in total. The predicted molar refractivity (Wildman–Crippen MR) is 132 cm³/mol. The molecule has 190 valence electrons. The summed E-state index contributed by atoms with van der Waals surface area (Å²) in [5, 5.41) is 9.52. The van der Waals surface area contributed by atoms with Crippen LogP contribution in [0.25, 0.3) is 10.9 Å². The Kier molecular flexibility index (Phi) is 7.17. The number of benzene rings is 2. The van der Waals surface area contributed by atoms with E-state index >= 15 is 4.39 Å². The third kappa shape index (κ3) is 5.50. The molecule has 0 spiro atoms. The molecule has 11 heteroatoms. The standard InChI is InChI=1S/C25H26ClF2N5O3/c26-19-11-15(2-4-20(19)27)22(25(28)7-8-29-14-25)33-24(34)36-18-3-1-16-13-30-23(32-21(16)12-18)31-17-5-9-35-10-6-17/h1-4,11-13,17,22,29H,5-10,14H2,(H,33,34)(H,30,31,32)/t22-,25+/m1/s1. The van der Waals surface area contributed by atoms with Crippen molar-refractivity contribution in [2.45, 2.75) is 37.0 Å². The van der Waals surface area contributed by atoms with E-state index in [-0.39, 0.29) is 29.8 Å². The maximum atomic E-state index is 15.7. The highest BCUT2D eigenvalue weighted by Gasteiger charge is 2.44. The number of carbonyl (C=O) groups is 1. The Morgan fingerprint density at radius 2 is 2.08 bits per heavy atom. The van der Waals surface area contributed by atoms with Crippen LogP contribution < -0.4 is 20.7 Å². The van der Waals surface area contributed by atoms with E-state index in [4.69, 9.17) is 21.1 Å². The van der Waals surface area contributed by atoms with E-state index in [1.807, 2.05) is 0 Å². The van der Waals surface area contributed by atoms with E-state index < -0.39 is 23.6 Å². The van der Waals surface area contributed by atoms with E-state index in [0.717, 1.165) is 24.3 Å². The summed E-state index contributed by atoms with van der Waals surface area (Å²) in [4.78, 5) is 21.7. The molecule has 36 heavy (non-hydrogen) atoms. The van der Waals surface area contributed by atoms with Gasteiger partial charge < -0.3 is 25.4 Å². The van der Waals surface area contributed by atoms with E-state index in [0.29, 0.717) is 36.8 Å². The quantitative estimate of drug-likeness (QED) is 0.441. The molecule has 3 N–H and O–H groups in total. The minimum atomic E-state index is -1.79. The van der Waals surface area contributed by atoms with Gasteiger partial charge in [0.1, 0.15) is 17.2 Å². The summed E-state index contributed by atoms with van der Waals surface area (Å²) in [5.41, 5.74) is -0.852. The Morgan fingerprint density at radius 3 is 2.83 bits per heavy atom. The smallest absolute Gasteiger partial charge is 0.410 e. The fraction of sp³-hybridized carbons (Fsp3) is 0.400. The zero-order valence-corrected chi connectivity index (χ0v) is 20.2. The van der Waals surface area contributed by atoms with Gasteiger partial charge in [-0.3, -0.25) is 0 Å². The Balaban J connectivity index is 1.32. The topological polar surface area (TPSA) is 97.4 Å². The normalized spacial score (nSPS) is 21.3. The molecule has 2 saturated heterocycles. The first-order valence-corrected chi connectivity index (χ1v) is 12.2. The van der Waals surface area contributed by atoms with Gasteiger partial charge in [-0.1, -0.05) is 17.7 Å². The summed E-state index contributed by atoms with van der Waals surface area (Å²) in [6.07, 6.45) is 2.76. The minimum absolute atomic E-state index is 0.0305. The van der Waals surface area contributed by atoms with Crippen molar-refractivity contribution in [3.63, 3.8) is 0 Å². The van der Waals surface area contributed by atoms with Gasteiger partial charge in [0.2, 0.25) is 5.95 Å². The van der Waals surface area contributed by atoms with Gasteiger partial charge in [-0.25, -0.2) is 23.5 Å². The zero-order valence-electron chi connectivity index (χ0n) is 19.4. The molecule has 0 bridgehead atoms. The van der Waals surface area contributed by atoms with Crippen LogP contribution in [-0.2, 0) is 4.74 Å². The minimum Gasteiger partial charge on any atom is -0.410 e. The molecule has 1 amide bonds. The number of aromatic nitrogens is 2. The number of fused-ring (bicyclic) bond motifs is 1. The second kappa shape index (κ2) is 10.5. The van der Waals surface area contributed by atoms with Gasteiger partial charge in [-0.15, -0.1) is 0 Å². The Labute approximate surface area is 211 Å². The van der Waals surface area contributed by atoms with E-state index in [1.165, 1.54) is 12.1 Å². The van der Waals surface area contributed by atoms with Crippen molar-refractivity contribution < 1.29 is 23.0 Å². The SMILES string of the molecule is O=C(N[C@H](c1ccc(F)c(Cl)c1)[C@]1(F)CCNC1)Oc1ccc2cnc(NC3CCOCC3)nc2c1. The number of nitrogens with zero attached hydrogens (tertiary/aromatic N) is 2. The van der Waals surface area contributed by atoms with Gasteiger partial charge in [-0.05, 0) is 55.6 Å². The largest absolute Gasteiger partial charge is 0.413 e. The van der Waals surface area contributed by atoms with Gasteiger partial charge in [0, 0.05) is 43.4 Å². The van der Waals surface area contributed by atoms with Crippen LogP contribution in [0.15, 0.2) is 42.6 Å². The number of hydrogen-bond donors (Lipinski definition) is 3. The molecule has 2 aliphatic rings. The Hall–Kier alpha value is -3.08. The highest BCUT2D eigenvalue weighted by atomic mass is 35.5. The first kappa shape index (κ1) is 24.6. The summed E-state index contributed by atoms with van der Waals surface area (Å²) in [6.45, 7) is 1.87. The first-order chi connectivity index (χ1) is 17.4. The molecule has 3 heterocycles. The van der Waals surface area contributed by atoms with Crippen molar-refractivity contribution in [3.8, 4) is 5.75 Å². The number of ether oxygens (including phenoxy) is 2. The summed E-state index contributed by atoms with van der Waals surface area (Å²) in [7, 11) is 0. The van der Waals surface area contributed by atoms with Crippen LogP contribution in [-0.4, -0.2) is 54.1 Å². The molecule has 2 fully saturated rings. The highest BCUT2D eigenvalue weighted by molar-refractivity contribution is 6.30. The van der Waals surface area contributed by atoms with Gasteiger partial charge >= 0.3 is 6.09 Å². The average molecular weight is 518 g/mol. The molecule has 0 unspecified atom stereocenters. The van der Waals surface area contributed by atoms with Crippen molar-refractivity contribution in [1.29, 1.82) is 0 Å². The van der Waals surface area contributed by atoms with Crippen LogP contribution in [0.5, 0.6) is 5.75 Å². The van der Waals surface area contributed by atoms with E-state index in [2.05, 4.69) is 25.9 Å². The van der Waals surface area contributed by atoms with Crippen LogP contribution in [0.3, 0.4) is 0 Å². The summed E-state index contributed by atoms with van der Waals surface area (Å²) >= 11 is 5.93. The fourth-order valence-electron chi connectivity index (χ4n) is 4.55. The molecule has 2 aromatic carbocycles. The second-order valence-corrected chi connectivity index (χ2v) is 9.45. The molecular formula is C25H26ClF2N5O3. The first-order valence-electron chi connectivity index (χ1n) is 11.8. The molecule has 3 aromatic rings. The number of hydrogen-bond acceptors (Lipinski definition) is 7. The van der Waals surface area contributed by atoms with Crippen molar-refractivity contribution in [2.24, 2.45) is 0 Å². The highest BCUT2D eigenvalue weighted by Crippen LogP contribution is 2.36. The van der Waals surface area contributed by atoms with Crippen molar-refractivity contribution in [1.82, 2.24) is 20.6 Å². The lowest BCUT2D eigenvalue weighted by atomic mass is 9.89. The number of halogens is 3. The number of nitrogens with one attached hydrogen (secondary N) is 3. The Bertz CT molecular complexity index is 1250. The van der Waals surface area contributed by atoms with Crippen LogP contribution in [0.2, 0.25) is 5.02 Å². The van der Waals surface area contributed by atoms with Crippen molar-refractivity contribution >= 4 is 34.5 Å². The van der Waals surface area contributed by atoms with Crippen LogP contribution in [0.1, 0.15) is 30.9 Å². The van der Waals surface area contributed by atoms with Crippen molar-refractivity contribution in [3.05, 3.63) is 59.0 Å². The summed E-state index contributed by atoms with van der Waals surface area (Å²) in [5.74, 6) is 0.101. The maximum Gasteiger partial charge on any atom is 0.413 e. The van der Waals surface area contributed by atoms with Gasteiger partial charge in [0.05, 0.1) is 16.6 Å². The molecule has 1 aromatic heterocycles. The molecule has 5 rings (SSSR count). The number of carbonyl (C=O) groups excluding carboxylic acids is 1. The number of rotatable bonds is 6. The number of amides is 1. The fourth-order valence-corrected chi connectivity index (χ4v) is 4.73. The maximum absolute atomic E-state index is 15.7. The zero-order chi connectivity index (χ0) is 25.1. The number of anilines is 1. The molecule has 0 saturated carbocycles.